The SMILES string of the molecule is COC(=O)c1cc(S(=O)(=O)C[C@@H](c2ccccc2)N2CCCC2)c(Cl)cc1N1CCCC1. The van der Waals surface area contributed by atoms with Crippen molar-refractivity contribution in [3.8, 4) is 0 Å². The van der Waals surface area contributed by atoms with Crippen LogP contribution in [0, 0.1) is 0 Å². The minimum atomic E-state index is -3.78. The lowest BCUT2D eigenvalue weighted by molar-refractivity contribution is 0.0601. The van der Waals surface area contributed by atoms with E-state index in [0.717, 1.165) is 57.4 Å². The van der Waals surface area contributed by atoms with Gasteiger partial charge in [0.2, 0.25) is 0 Å². The van der Waals surface area contributed by atoms with Crippen LogP contribution >= 0.6 is 11.6 Å². The van der Waals surface area contributed by atoms with Gasteiger partial charge in [-0.25, -0.2) is 13.2 Å². The molecule has 0 unspecified atom stereocenters. The van der Waals surface area contributed by atoms with Crippen LogP contribution in [0.15, 0.2) is 47.4 Å². The summed E-state index contributed by atoms with van der Waals surface area (Å²) in [5, 5.41) is 0.146. The molecule has 0 bridgehead atoms. The van der Waals surface area contributed by atoms with Gasteiger partial charge in [-0.05, 0) is 56.5 Å². The van der Waals surface area contributed by atoms with Crippen molar-refractivity contribution in [2.75, 3.05) is 43.9 Å². The number of nitrogens with zero attached hydrogens (tertiary/aromatic N) is 2. The maximum absolute atomic E-state index is 13.6. The molecule has 0 saturated carbocycles. The number of benzene rings is 2. The molecule has 0 N–H and O–H groups in total. The summed E-state index contributed by atoms with van der Waals surface area (Å²) in [4.78, 5) is 16.8. The van der Waals surface area contributed by atoms with Crippen LogP contribution in [0.25, 0.3) is 0 Å². The Morgan fingerprint density at radius 3 is 2.28 bits per heavy atom. The van der Waals surface area contributed by atoms with Crippen molar-refractivity contribution in [1.29, 1.82) is 0 Å². The van der Waals surface area contributed by atoms with Crippen LogP contribution in [0.5, 0.6) is 0 Å². The number of hydrogen-bond donors (Lipinski definition) is 0. The van der Waals surface area contributed by atoms with Gasteiger partial charge < -0.3 is 9.64 Å². The average molecular weight is 477 g/mol. The predicted molar refractivity (Wildman–Crippen MR) is 126 cm³/mol. The summed E-state index contributed by atoms with van der Waals surface area (Å²) in [6.45, 7) is 3.34. The zero-order valence-electron chi connectivity index (χ0n) is 18.3. The van der Waals surface area contributed by atoms with Crippen LogP contribution in [0.1, 0.15) is 47.6 Å². The highest BCUT2D eigenvalue weighted by Crippen LogP contribution is 2.36. The third kappa shape index (κ3) is 4.80. The van der Waals surface area contributed by atoms with Crippen LogP contribution in [0.4, 0.5) is 5.69 Å². The van der Waals surface area contributed by atoms with Crippen LogP contribution in [0.2, 0.25) is 5.02 Å². The molecule has 2 aliphatic rings. The first-order valence-corrected chi connectivity index (χ1v) is 13.1. The summed E-state index contributed by atoms with van der Waals surface area (Å²) in [5.41, 5.74) is 1.85. The molecule has 2 aromatic carbocycles. The number of methoxy groups -OCH3 is 1. The van der Waals surface area contributed by atoms with Crippen molar-refractivity contribution < 1.29 is 17.9 Å². The second-order valence-corrected chi connectivity index (χ2v) is 10.8. The summed E-state index contributed by atoms with van der Waals surface area (Å²) in [7, 11) is -2.48. The number of esters is 1. The number of hydrogen-bond acceptors (Lipinski definition) is 6. The first-order chi connectivity index (χ1) is 15.4. The third-order valence-electron chi connectivity index (χ3n) is 6.38. The minimum Gasteiger partial charge on any atom is -0.465 e. The highest BCUT2D eigenvalue weighted by Gasteiger charge is 2.32. The topological polar surface area (TPSA) is 66.9 Å². The first kappa shape index (κ1) is 23.1. The lowest BCUT2D eigenvalue weighted by atomic mass is 10.1. The molecular weight excluding hydrogens is 448 g/mol. The standard InChI is InChI=1S/C24H29ClN2O4S/c1-31-24(28)19-15-23(20(25)16-21(19)26-11-5-6-12-26)32(29,30)17-22(27-13-7-8-14-27)18-9-3-2-4-10-18/h2-4,9-10,15-16,22H,5-8,11-14,17H2,1H3/t22-/m0/s1. The fourth-order valence-electron chi connectivity index (χ4n) is 4.71. The Labute approximate surface area is 195 Å². The number of rotatable bonds is 7. The summed E-state index contributed by atoms with van der Waals surface area (Å²) >= 11 is 6.53. The number of sulfone groups is 1. The quantitative estimate of drug-likeness (QED) is 0.554. The number of likely N-dealkylation sites (tertiary alicyclic amines) is 1. The zero-order chi connectivity index (χ0) is 22.7. The molecule has 8 heteroatoms. The van der Waals surface area contributed by atoms with Crippen molar-refractivity contribution in [1.82, 2.24) is 4.90 Å². The zero-order valence-corrected chi connectivity index (χ0v) is 19.9. The van der Waals surface area contributed by atoms with Gasteiger partial charge in [0.25, 0.3) is 0 Å². The van der Waals surface area contributed by atoms with E-state index in [-0.39, 0.29) is 27.3 Å². The smallest absolute Gasteiger partial charge is 0.340 e. The molecule has 0 spiro atoms. The largest absolute Gasteiger partial charge is 0.465 e. The molecule has 1 atom stereocenters. The molecule has 4 rings (SSSR count). The Bertz CT molecular complexity index is 1060. The number of halogens is 1. The lowest BCUT2D eigenvalue weighted by Crippen LogP contribution is -2.31. The molecule has 2 aromatic rings. The molecule has 172 valence electrons. The van der Waals surface area contributed by atoms with Crippen LogP contribution in [0.3, 0.4) is 0 Å². The van der Waals surface area contributed by atoms with E-state index in [1.165, 1.54) is 13.2 Å². The highest BCUT2D eigenvalue weighted by atomic mass is 35.5. The lowest BCUT2D eigenvalue weighted by Gasteiger charge is -2.28. The highest BCUT2D eigenvalue weighted by molar-refractivity contribution is 7.91. The molecule has 0 amide bonds. The van der Waals surface area contributed by atoms with Gasteiger partial charge in [0, 0.05) is 19.1 Å². The van der Waals surface area contributed by atoms with Crippen LogP contribution in [-0.2, 0) is 14.6 Å². The van der Waals surface area contributed by atoms with E-state index in [4.69, 9.17) is 16.3 Å². The van der Waals surface area contributed by atoms with Crippen molar-refractivity contribution in [2.45, 2.75) is 36.6 Å². The summed E-state index contributed by atoms with van der Waals surface area (Å²) in [6.07, 6.45) is 4.15. The Balaban J connectivity index is 1.72. The van der Waals surface area contributed by atoms with Crippen molar-refractivity contribution in [3.63, 3.8) is 0 Å². The molecule has 6 nitrogen and oxygen atoms in total. The molecule has 2 aliphatic heterocycles. The van der Waals surface area contributed by atoms with Gasteiger partial charge in [0.1, 0.15) is 0 Å². The van der Waals surface area contributed by atoms with Crippen LogP contribution < -0.4 is 4.90 Å². The fraction of sp³-hybridized carbons (Fsp3) is 0.458. The van der Waals surface area contributed by atoms with Gasteiger partial charge in [0.15, 0.2) is 9.84 Å². The maximum Gasteiger partial charge on any atom is 0.340 e. The third-order valence-corrected chi connectivity index (χ3v) is 8.57. The molecule has 2 saturated heterocycles. The molecule has 2 fully saturated rings. The van der Waals surface area contributed by atoms with E-state index in [2.05, 4.69) is 9.80 Å². The van der Waals surface area contributed by atoms with Gasteiger partial charge in [-0.2, -0.15) is 0 Å². The number of carbonyl (C=O) groups is 1. The Morgan fingerprint density at radius 1 is 1.03 bits per heavy atom. The van der Waals surface area contributed by atoms with Gasteiger partial charge in [-0.1, -0.05) is 41.9 Å². The minimum absolute atomic E-state index is 0.0114. The monoisotopic (exact) mass is 476 g/mol. The molecular formula is C24H29ClN2O4S. The molecule has 2 heterocycles. The average Bonchev–Trinajstić information content (AvgIpc) is 3.52. The summed E-state index contributed by atoms with van der Waals surface area (Å²) in [5.74, 6) is -0.653. The van der Waals surface area contributed by atoms with E-state index < -0.39 is 15.8 Å². The molecule has 32 heavy (non-hydrogen) atoms. The van der Waals surface area contributed by atoms with E-state index >= 15 is 0 Å². The molecule has 0 aromatic heterocycles. The van der Waals surface area contributed by atoms with Gasteiger partial charge in [-0.15, -0.1) is 0 Å². The predicted octanol–water partition coefficient (Wildman–Crippen LogP) is 4.34. The second-order valence-electron chi connectivity index (χ2n) is 8.44. The molecule has 0 radical (unpaired) electrons. The summed E-state index contributed by atoms with van der Waals surface area (Å²) < 4.78 is 32.2. The fourth-order valence-corrected chi connectivity index (χ4v) is 6.88. The van der Waals surface area contributed by atoms with E-state index in [1.54, 1.807) is 6.07 Å². The number of anilines is 1. The summed E-state index contributed by atoms with van der Waals surface area (Å²) in [6, 6.07) is 12.5. The number of carbonyl (C=O) groups excluding carboxylic acids is 1. The van der Waals surface area contributed by atoms with Crippen LogP contribution in [-0.4, -0.2) is 58.3 Å². The Hall–Kier alpha value is -2.09. The van der Waals surface area contributed by atoms with Gasteiger partial charge in [0.05, 0.1) is 34.0 Å². The van der Waals surface area contributed by atoms with E-state index in [9.17, 15) is 13.2 Å². The van der Waals surface area contributed by atoms with Crippen molar-refractivity contribution in [2.24, 2.45) is 0 Å². The maximum atomic E-state index is 13.6. The van der Waals surface area contributed by atoms with Gasteiger partial charge >= 0.3 is 5.97 Å². The van der Waals surface area contributed by atoms with Crippen molar-refractivity contribution >= 4 is 33.1 Å². The van der Waals surface area contributed by atoms with Gasteiger partial charge in [-0.3, -0.25) is 4.90 Å². The van der Waals surface area contributed by atoms with Crippen molar-refractivity contribution in [3.05, 3.63) is 58.6 Å². The molecule has 0 aliphatic carbocycles. The van der Waals surface area contributed by atoms with E-state index in [0.29, 0.717) is 5.69 Å². The first-order valence-electron chi connectivity index (χ1n) is 11.1. The number of ether oxygens (including phenoxy) is 1. The normalized spacial score (nSPS) is 18.1. The Morgan fingerprint density at radius 2 is 1.66 bits per heavy atom. The Kier molecular flexibility index (Phi) is 7.08. The second kappa shape index (κ2) is 9.81. The van der Waals surface area contributed by atoms with E-state index in [1.807, 2.05) is 30.3 Å².